The van der Waals surface area contributed by atoms with Crippen LogP contribution in [-0.4, -0.2) is 16.2 Å². The first-order chi connectivity index (χ1) is 11.9. The quantitative estimate of drug-likeness (QED) is 0.589. The maximum Gasteiger partial charge on any atom is 0.336 e. The lowest BCUT2D eigenvalue weighted by molar-refractivity contribution is 0.0696. The van der Waals surface area contributed by atoms with Gasteiger partial charge in [-0.05, 0) is 53.9 Å². The molecular formula is C20H14Cl2O3. The van der Waals surface area contributed by atoms with Gasteiger partial charge < -0.3 is 10.2 Å². The SMILES string of the molecule is Cc1c(C(=O)O)cc(-c2ccc(Cl)cc2)c(O)c1-c1ccc(Cl)cc1. The Kier molecular flexibility index (Phi) is 4.71. The molecule has 5 heteroatoms. The highest BCUT2D eigenvalue weighted by Crippen LogP contribution is 2.42. The van der Waals surface area contributed by atoms with Crippen molar-refractivity contribution in [3.63, 3.8) is 0 Å². The van der Waals surface area contributed by atoms with Crippen LogP contribution >= 0.6 is 23.2 Å². The van der Waals surface area contributed by atoms with Crippen LogP contribution in [0.2, 0.25) is 10.0 Å². The number of hydrogen-bond donors (Lipinski definition) is 2. The van der Waals surface area contributed by atoms with Crippen LogP contribution in [0.4, 0.5) is 0 Å². The third-order valence-electron chi connectivity index (χ3n) is 4.08. The van der Waals surface area contributed by atoms with Crippen LogP contribution in [0.5, 0.6) is 5.75 Å². The van der Waals surface area contributed by atoms with Gasteiger partial charge in [0, 0.05) is 21.2 Å². The van der Waals surface area contributed by atoms with Crippen molar-refractivity contribution in [2.45, 2.75) is 6.92 Å². The number of halogens is 2. The molecule has 0 aliphatic heterocycles. The highest BCUT2D eigenvalue weighted by atomic mass is 35.5. The predicted molar refractivity (Wildman–Crippen MR) is 101 cm³/mol. The van der Waals surface area contributed by atoms with Gasteiger partial charge in [-0.1, -0.05) is 47.5 Å². The summed E-state index contributed by atoms with van der Waals surface area (Å²) in [5.74, 6) is -1.03. The van der Waals surface area contributed by atoms with Crippen LogP contribution in [0.15, 0.2) is 54.6 Å². The third-order valence-corrected chi connectivity index (χ3v) is 4.58. The average Bonchev–Trinajstić information content (AvgIpc) is 2.57. The normalized spacial score (nSPS) is 10.7. The number of carbonyl (C=O) groups is 1. The summed E-state index contributed by atoms with van der Waals surface area (Å²) in [4.78, 5) is 11.7. The van der Waals surface area contributed by atoms with Crippen LogP contribution in [-0.2, 0) is 0 Å². The lowest BCUT2D eigenvalue weighted by Crippen LogP contribution is -2.03. The lowest BCUT2D eigenvalue weighted by atomic mass is 9.90. The highest BCUT2D eigenvalue weighted by Gasteiger charge is 2.20. The van der Waals surface area contributed by atoms with Crippen molar-refractivity contribution in [1.82, 2.24) is 0 Å². The summed E-state index contributed by atoms with van der Waals surface area (Å²) in [6.07, 6.45) is 0. The Morgan fingerprint density at radius 3 is 1.84 bits per heavy atom. The number of benzene rings is 3. The van der Waals surface area contributed by atoms with Gasteiger partial charge in [0.2, 0.25) is 0 Å². The van der Waals surface area contributed by atoms with Crippen molar-refractivity contribution in [1.29, 1.82) is 0 Å². The molecule has 0 spiro atoms. The van der Waals surface area contributed by atoms with Gasteiger partial charge in [0.25, 0.3) is 0 Å². The van der Waals surface area contributed by atoms with E-state index in [0.717, 1.165) is 0 Å². The molecule has 0 unspecified atom stereocenters. The summed E-state index contributed by atoms with van der Waals surface area (Å²) in [5, 5.41) is 21.6. The van der Waals surface area contributed by atoms with Gasteiger partial charge >= 0.3 is 5.97 Å². The number of phenols is 1. The molecule has 0 saturated carbocycles. The van der Waals surface area contributed by atoms with Gasteiger partial charge in [0.05, 0.1) is 5.56 Å². The van der Waals surface area contributed by atoms with E-state index in [9.17, 15) is 15.0 Å². The van der Waals surface area contributed by atoms with E-state index in [1.807, 2.05) is 0 Å². The Hall–Kier alpha value is -2.49. The Bertz CT molecular complexity index is 946. The van der Waals surface area contributed by atoms with Gasteiger partial charge in [0.15, 0.2) is 0 Å². The summed E-state index contributed by atoms with van der Waals surface area (Å²) in [6.45, 7) is 1.68. The zero-order chi connectivity index (χ0) is 18.1. The third kappa shape index (κ3) is 3.34. The molecule has 3 nitrogen and oxygen atoms in total. The van der Waals surface area contributed by atoms with E-state index in [1.54, 1.807) is 55.5 Å². The van der Waals surface area contributed by atoms with Crippen LogP contribution < -0.4 is 0 Å². The van der Waals surface area contributed by atoms with E-state index in [1.165, 1.54) is 6.07 Å². The number of carboxylic acids is 1. The average molecular weight is 373 g/mol. The maximum atomic E-state index is 11.7. The van der Waals surface area contributed by atoms with Crippen molar-refractivity contribution in [2.24, 2.45) is 0 Å². The molecule has 25 heavy (non-hydrogen) atoms. The number of carboxylic acid groups (broad SMARTS) is 1. The van der Waals surface area contributed by atoms with Crippen LogP contribution in [0.25, 0.3) is 22.3 Å². The minimum Gasteiger partial charge on any atom is -0.507 e. The van der Waals surface area contributed by atoms with Crippen LogP contribution in [0.3, 0.4) is 0 Å². The Morgan fingerprint density at radius 1 is 0.880 bits per heavy atom. The van der Waals surface area contributed by atoms with Crippen molar-refractivity contribution >= 4 is 29.2 Å². The molecule has 3 aromatic carbocycles. The second-order valence-electron chi connectivity index (χ2n) is 5.64. The second kappa shape index (κ2) is 6.79. The van der Waals surface area contributed by atoms with Gasteiger partial charge in [-0.3, -0.25) is 0 Å². The lowest BCUT2D eigenvalue weighted by Gasteiger charge is -2.16. The van der Waals surface area contributed by atoms with E-state index in [2.05, 4.69) is 0 Å². The van der Waals surface area contributed by atoms with Crippen molar-refractivity contribution in [3.8, 4) is 28.0 Å². The molecule has 0 aromatic heterocycles. The topological polar surface area (TPSA) is 57.5 Å². The minimum atomic E-state index is -1.05. The van der Waals surface area contributed by atoms with E-state index in [4.69, 9.17) is 23.2 Å². The van der Waals surface area contributed by atoms with Crippen LogP contribution in [0, 0.1) is 6.92 Å². The molecule has 0 amide bonds. The first kappa shape index (κ1) is 17.3. The predicted octanol–water partition coefficient (Wildman–Crippen LogP) is 6.04. The first-order valence-corrected chi connectivity index (χ1v) is 8.26. The first-order valence-electron chi connectivity index (χ1n) is 7.50. The summed E-state index contributed by atoms with van der Waals surface area (Å²) in [7, 11) is 0. The second-order valence-corrected chi connectivity index (χ2v) is 6.51. The highest BCUT2D eigenvalue weighted by molar-refractivity contribution is 6.31. The molecule has 2 N–H and O–H groups in total. The molecular weight excluding hydrogens is 359 g/mol. The Balaban J connectivity index is 2.32. The summed E-state index contributed by atoms with van der Waals surface area (Å²) < 4.78 is 0. The van der Waals surface area contributed by atoms with Gasteiger partial charge in [0.1, 0.15) is 5.75 Å². The van der Waals surface area contributed by atoms with Crippen LogP contribution in [0.1, 0.15) is 15.9 Å². The number of aromatic carboxylic acids is 1. The van der Waals surface area contributed by atoms with E-state index in [0.29, 0.717) is 37.9 Å². The summed E-state index contributed by atoms with van der Waals surface area (Å²) in [6, 6.07) is 15.3. The fourth-order valence-electron chi connectivity index (χ4n) is 2.81. The number of rotatable bonds is 3. The van der Waals surface area contributed by atoms with E-state index >= 15 is 0 Å². The smallest absolute Gasteiger partial charge is 0.336 e. The zero-order valence-electron chi connectivity index (χ0n) is 13.3. The molecule has 0 bridgehead atoms. The molecule has 126 valence electrons. The number of phenolic OH excluding ortho intramolecular Hbond substituents is 1. The Labute approximate surface area is 155 Å². The zero-order valence-corrected chi connectivity index (χ0v) is 14.8. The molecule has 0 saturated heterocycles. The molecule has 0 heterocycles. The van der Waals surface area contributed by atoms with Crippen molar-refractivity contribution in [2.75, 3.05) is 0 Å². The number of hydrogen-bond acceptors (Lipinski definition) is 2. The molecule has 0 fully saturated rings. The number of aromatic hydroxyl groups is 1. The molecule has 0 aliphatic rings. The van der Waals surface area contributed by atoms with Gasteiger partial charge in [-0.25, -0.2) is 4.79 Å². The summed E-state index contributed by atoms with van der Waals surface area (Å²) in [5.41, 5.74) is 2.90. The largest absolute Gasteiger partial charge is 0.507 e. The minimum absolute atomic E-state index is 0.0205. The van der Waals surface area contributed by atoms with Gasteiger partial charge in [-0.15, -0.1) is 0 Å². The fourth-order valence-corrected chi connectivity index (χ4v) is 3.06. The standard InChI is InChI=1S/C20H14Cl2O3/c1-11-16(20(24)25)10-17(12-2-6-14(21)7-3-12)19(23)18(11)13-4-8-15(22)9-5-13/h2-10,23H,1H3,(H,24,25). The molecule has 0 atom stereocenters. The van der Waals surface area contributed by atoms with Crippen molar-refractivity contribution < 1.29 is 15.0 Å². The van der Waals surface area contributed by atoms with E-state index < -0.39 is 5.97 Å². The van der Waals surface area contributed by atoms with Crippen molar-refractivity contribution in [3.05, 3.63) is 75.8 Å². The molecule has 3 aromatic rings. The van der Waals surface area contributed by atoms with Gasteiger partial charge in [-0.2, -0.15) is 0 Å². The monoisotopic (exact) mass is 372 g/mol. The molecule has 3 rings (SSSR count). The molecule has 0 radical (unpaired) electrons. The molecule has 0 aliphatic carbocycles. The maximum absolute atomic E-state index is 11.7. The van der Waals surface area contributed by atoms with E-state index in [-0.39, 0.29) is 11.3 Å². The summed E-state index contributed by atoms with van der Waals surface area (Å²) >= 11 is 11.9. The Morgan fingerprint density at radius 2 is 1.36 bits per heavy atom. The fraction of sp³-hybridized carbons (Fsp3) is 0.0500.